The summed E-state index contributed by atoms with van der Waals surface area (Å²) in [5, 5.41) is 12.2. The molecule has 0 aliphatic carbocycles. The van der Waals surface area contributed by atoms with E-state index in [4.69, 9.17) is 0 Å². The monoisotopic (exact) mass is 387 g/mol. The van der Waals surface area contributed by atoms with Crippen LogP contribution in [0.15, 0.2) is 18.6 Å². The van der Waals surface area contributed by atoms with Crippen LogP contribution >= 0.6 is 0 Å². The van der Waals surface area contributed by atoms with E-state index < -0.39 is 6.61 Å². The number of nitrogens with zero attached hydrogens (tertiary/aromatic N) is 4. The minimum Gasteiger partial charge on any atom is -0.387 e. The summed E-state index contributed by atoms with van der Waals surface area (Å²) in [6, 6.07) is -0.0748. The molecule has 9 nitrogen and oxygen atoms in total. The summed E-state index contributed by atoms with van der Waals surface area (Å²) >= 11 is 0. The Balaban J connectivity index is 1.53. The molecule has 0 aromatic carbocycles. The van der Waals surface area contributed by atoms with Crippen LogP contribution < -0.4 is 5.32 Å². The maximum atomic E-state index is 12.7. The van der Waals surface area contributed by atoms with Gasteiger partial charge in [-0.2, -0.15) is 0 Å². The van der Waals surface area contributed by atoms with Gasteiger partial charge in [-0.3, -0.25) is 19.4 Å². The van der Waals surface area contributed by atoms with Crippen LogP contribution in [-0.2, 0) is 9.59 Å². The fourth-order valence-corrected chi connectivity index (χ4v) is 5.05. The summed E-state index contributed by atoms with van der Waals surface area (Å²) < 4.78 is 0. The summed E-state index contributed by atoms with van der Waals surface area (Å²) in [5.41, 5.74) is 0.235. The number of likely N-dealkylation sites (tertiary alicyclic amines) is 1. The highest BCUT2D eigenvalue weighted by Gasteiger charge is 2.49. The molecule has 0 unspecified atom stereocenters. The van der Waals surface area contributed by atoms with E-state index in [2.05, 4.69) is 15.3 Å². The lowest BCUT2D eigenvalue weighted by Crippen LogP contribution is -2.67. The van der Waals surface area contributed by atoms with Gasteiger partial charge in [-0.15, -0.1) is 0 Å². The summed E-state index contributed by atoms with van der Waals surface area (Å²) in [6.07, 6.45) is 7.60. The Hall–Kier alpha value is -2.55. The van der Waals surface area contributed by atoms with Gasteiger partial charge in [-0.1, -0.05) is 0 Å². The van der Waals surface area contributed by atoms with Gasteiger partial charge in [0, 0.05) is 44.5 Å². The summed E-state index contributed by atoms with van der Waals surface area (Å²) in [6.45, 7) is 0.901. The summed E-state index contributed by atoms with van der Waals surface area (Å²) in [4.78, 5) is 48.8. The van der Waals surface area contributed by atoms with Gasteiger partial charge in [0.05, 0.1) is 12.2 Å². The highest BCUT2D eigenvalue weighted by molar-refractivity contribution is 5.91. The second-order valence-electron chi connectivity index (χ2n) is 7.84. The number of nitrogens with one attached hydrogen (secondary N) is 1. The van der Waals surface area contributed by atoms with Crippen molar-refractivity contribution in [3.63, 3.8) is 0 Å². The fourth-order valence-electron chi connectivity index (χ4n) is 5.05. The maximum Gasteiger partial charge on any atom is 0.271 e. The molecular formula is C19H25N5O4. The zero-order valence-electron chi connectivity index (χ0n) is 15.7. The Morgan fingerprint density at radius 2 is 2.07 bits per heavy atom. The lowest BCUT2D eigenvalue weighted by Gasteiger charge is -2.56. The molecule has 0 spiro atoms. The second kappa shape index (κ2) is 7.83. The molecule has 3 aliphatic heterocycles. The van der Waals surface area contributed by atoms with Crippen LogP contribution in [0.1, 0.15) is 36.2 Å². The molecule has 150 valence electrons. The zero-order valence-corrected chi connectivity index (χ0v) is 15.7. The van der Waals surface area contributed by atoms with E-state index in [1.807, 2.05) is 4.90 Å². The number of carbonyl (C=O) groups is 3. The molecule has 3 fully saturated rings. The molecule has 9 heteroatoms. The number of rotatable bonds is 4. The third kappa shape index (κ3) is 3.46. The minimum atomic E-state index is -0.499. The van der Waals surface area contributed by atoms with Crippen LogP contribution in [0.4, 0.5) is 0 Å². The molecule has 3 amide bonds. The number of aliphatic hydroxyl groups excluding tert-OH is 1. The number of carbonyl (C=O) groups excluding carboxylic acids is 3. The molecule has 2 N–H and O–H groups in total. The normalized spacial score (nSPS) is 29.2. The van der Waals surface area contributed by atoms with Crippen LogP contribution in [-0.4, -0.2) is 80.9 Å². The number of amides is 3. The first kappa shape index (κ1) is 18.8. The average Bonchev–Trinajstić information content (AvgIpc) is 2.73. The highest BCUT2D eigenvalue weighted by atomic mass is 16.3. The predicted molar refractivity (Wildman–Crippen MR) is 97.9 cm³/mol. The van der Waals surface area contributed by atoms with Gasteiger partial charge in [0.15, 0.2) is 0 Å². The van der Waals surface area contributed by atoms with Crippen molar-refractivity contribution in [1.29, 1.82) is 0 Å². The molecule has 4 atom stereocenters. The van der Waals surface area contributed by atoms with E-state index in [1.165, 1.54) is 18.6 Å². The standard InChI is InChI=1S/C19H25N5O4/c25-11-18(27)23-9-12-6-13(10-23)16(24-15(12)2-1-3-17(24)26)8-22-19(28)14-7-20-4-5-21-14/h4-5,7,12-13,15-16,25H,1-3,6,8-11H2,(H,22,28)/t12-,13+,15+,16+/m1/s1. The van der Waals surface area contributed by atoms with Crippen molar-refractivity contribution in [1.82, 2.24) is 25.1 Å². The van der Waals surface area contributed by atoms with E-state index in [0.717, 1.165) is 19.3 Å². The third-order valence-electron chi connectivity index (χ3n) is 6.25. The number of piperidine rings is 3. The van der Waals surface area contributed by atoms with Crippen molar-refractivity contribution in [2.75, 3.05) is 26.2 Å². The molecule has 1 aromatic heterocycles. The Morgan fingerprint density at radius 1 is 1.25 bits per heavy atom. The van der Waals surface area contributed by atoms with E-state index in [9.17, 15) is 19.5 Å². The molecular weight excluding hydrogens is 362 g/mol. The molecule has 0 radical (unpaired) electrons. The molecule has 3 saturated heterocycles. The van der Waals surface area contributed by atoms with E-state index >= 15 is 0 Å². The highest BCUT2D eigenvalue weighted by Crippen LogP contribution is 2.41. The first-order valence-electron chi connectivity index (χ1n) is 9.82. The molecule has 28 heavy (non-hydrogen) atoms. The number of hydrogen-bond acceptors (Lipinski definition) is 6. The van der Waals surface area contributed by atoms with Crippen molar-refractivity contribution < 1.29 is 19.5 Å². The molecule has 1 aromatic rings. The van der Waals surface area contributed by atoms with Gasteiger partial charge < -0.3 is 20.2 Å². The van der Waals surface area contributed by atoms with Crippen LogP contribution in [0.3, 0.4) is 0 Å². The fraction of sp³-hybridized carbons (Fsp3) is 0.632. The number of hydrogen-bond donors (Lipinski definition) is 2. The van der Waals surface area contributed by atoms with Crippen molar-refractivity contribution in [2.24, 2.45) is 11.8 Å². The quantitative estimate of drug-likeness (QED) is 0.715. The van der Waals surface area contributed by atoms with Gasteiger partial charge in [-0.25, -0.2) is 4.98 Å². The van der Waals surface area contributed by atoms with Gasteiger partial charge in [0.25, 0.3) is 5.91 Å². The van der Waals surface area contributed by atoms with Gasteiger partial charge in [0.1, 0.15) is 12.3 Å². The van der Waals surface area contributed by atoms with Crippen LogP contribution in [0.2, 0.25) is 0 Å². The molecule has 4 heterocycles. The minimum absolute atomic E-state index is 0.0784. The van der Waals surface area contributed by atoms with E-state index in [0.29, 0.717) is 26.1 Å². The predicted octanol–water partition coefficient (Wildman–Crippen LogP) is -0.573. The number of aliphatic hydroxyl groups is 1. The van der Waals surface area contributed by atoms with Crippen molar-refractivity contribution in [3.05, 3.63) is 24.3 Å². The van der Waals surface area contributed by atoms with Crippen molar-refractivity contribution >= 4 is 17.7 Å². The van der Waals surface area contributed by atoms with Crippen molar-refractivity contribution in [2.45, 2.75) is 37.8 Å². The Labute approximate surface area is 163 Å². The Kier molecular flexibility index (Phi) is 5.25. The molecule has 0 saturated carbocycles. The van der Waals surface area contributed by atoms with E-state index in [1.54, 1.807) is 4.90 Å². The average molecular weight is 387 g/mol. The third-order valence-corrected chi connectivity index (χ3v) is 6.25. The topological polar surface area (TPSA) is 116 Å². The number of fused-ring (bicyclic) bond motifs is 4. The maximum absolute atomic E-state index is 12.7. The zero-order chi connectivity index (χ0) is 19.7. The van der Waals surface area contributed by atoms with Crippen LogP contribution in [0.5, 0.6) is 0 Å². The van der Waals surface area contributed by atoms with Crippen LogP contribution in [0, 0.1) is 11.8 Å². The van der Waals surface area contributed by atoms with Gasteiger partial charge in [-0.05, 0) is 31.1 Å². The lowest BCUT2D eigenvalue weighted by atomic mass is 9.72. The van der Waals surface area contributed by atoms with Crippen LogP contribution in [0.25, 0.3) is 0 Å². The molecule has 4 rings (SSSR count). The molecule has 2 bridgehead atoms. The largest absolute Gasteiger partial charge is 0.387 e. The SMILES string of the molecule is O=C(NC[C@H]1[C@H]2C[C@H](CN(C(=O)CO)C2)[C@@H]2CCCC(=O)N21)c1cnccn1. The Morgan fingerprint density at radius 3 is 2.82 bits per heavy atom. The number of aromatic nitrogens is 2. The molecule has 3 aliphatic rings. The Bertz CT molecular complexity index is 758. The van der Waals surface area contributed by atoms with Gasteiger partial charge >= 0.3 is 0 Å². The second-order valence-corrected chi connectivity index (χ2v) is 7.84. The first-order chi connectivity index (χ1) is 13.6. The lowest BCUT2D eigenvalue weighted by molar-refractivity contribution is -0.156. The van der Waals surface area contributed by atoms with Gasteiger partial charge in [0.2, 0.25) is 11.8 Å². The van der Waals surface area contributed by atoms with E-state index in [-0.39, 0.29) is 47.3 Å². The summed E-state index contributed by atoms with van der Waals surface area (Å²) in [5.74, 6) is -0.158. The first-order valence-corrected chi connectivity index (χ1v) is 9.82. The summed E-state index contributed by atoms with van der Waals surface area (Å²) in [7, 11) is 0. The van der Waals surface area contributed by atoms with Crippen molar-refractivity contribution in [3.8, 4) is 0 Å². The smallest absolute Gasteiger partial charge is 0.271 e.